The highest BCUT2D eigenvalue weighted by atomic mass is 35.5. The molecule has 1 aromatic heterocycles. The Kier molecular flexibility index (Phi) is 8.00. The van der Waals surface area contributed by atoms with E-state index in [-0.39, 0.29) is 22.7 Å². The van der Waals surface area contributed by atoms with E-state index in [9.17, 15) is 13.2 Å². The van der Waals surface area contributed by atoms with Crippen LogP contribution in [0.2, 0.25) is 4.34 Å². The van der Waals surface area contributed by atoms with Gasteiger partial charge in [0.05, 0.1) is 10.9 Å². The molecule has 0 aliphatic heterocycles. The molecule has 1 aromatic rings. The van der Waals surface area contributed by atoms with Crippen LogP contribution in [0.1, 0.15) is 40.0 Å². The van der Waals surface area contributed by atoms with Crippen LogP contribution in [0.15, 0.2) is 16.3 Å². The van der Waals surface area contributed by atoms with Gasteiger partial charge >= 0.3 is 0 Å². The number of hydrogen-bond donors (Lipinski definition) is 1. The molecule has 1 rings (SSSR count). The second kappa shape index (κ2) is 9.01. The zero-order valence-corrected chi connectivity index (χ0v) is 16.4. The number of nitrogens with zero attached hydrogens (tertiary/aromatic N) is 1. The maximum Gasteiger partial charge on any atom is 0.252 e. The van der Waals surface area contributed by atoms with Crippen molar-refractivity contribution in [3.63, 3.8) is 0 Å². The summed E-state index contributed by atoms with van der Waals surface area (Å²) < 4.78 is 26.2. The zero-order chi connectivity index (χ0) is 17.6. The van der Waals surface area contributed by atoms with Gasteiger partial charge in [-0.05, 0) is 31.4 Å². The number of nitrogens with one attached hydrogen (secondary N) is 1. The number of carbonyl (C=O) groups is 1. The van der Waals surface area contributed by atoms with Crippen molar-refractivity contribution in [2.45, 2.75) is 50.3 Å². The lowest BCUT2D eigenvalue weighted by molar-refractivity contribution is -0.121. The monoisotopic (exact) mass is 380 g/mol. The molecule has 0 saturated carbocycles. The molecule has 1 atom stereocenters. The number of rotatable bonds is 9. The highest BCUT2D eigenvalue weighted by Gasteiger charge is 2.25. The largest absolute Gasteiger partial charge is 0.353 e. The minimum atomic E-state index is -3.67. The number of thiophene rings is 1. The number of amides is 1. The van der Waals surface area contributed by atoms with E-state index in [0.717, 1.165) is 34.9 Å². The summed E-state index contributed by atoms with van der Waals surface area (Å²) in [4.78, 5) is 12.0. The minimum Gasteiger partial charge on any atom is -0.353 e. The summed E-state index contributed by atoms with van der Waals surface area (Å²) in [5.41, 5.74) is 0. The highest BCUT2D eigenvalue weighted by molar-refractivity contribution is 7.91. The molecule has 0 aliphatic rings. The SMILES string of the molecule is CC(C)CCCC(C)NC(=O)CN(C)S(=O)(=O)c1ccc(Cl)s1. The summed E-state index contributed by atoms with van der Waals surface area (Å²) in [5, 5.41) is 2.85. The summed E-state index contributed by atoms with van der Waals surface area (Å²) in [5.74, 6) is 0.350. The Labute approximate surface area is 148 Å². The third-order valence-corrected chi connectivity index (χ3v) is 6.91. The summed E-state index contributed by atoms with van der Waals surface area (Å²) >= 11 is 6.75. The Bertz CT molecular complexity index is 614. The second-order valence-corrected chi connectivity index (χ2v) is 10.1. The van der Waals surface area contributed by atoms with E-state index < -0.39 is 10.0 Å². The average molecular weight is 381 g/mol. The third kappa shape index (κ3) is 6.79. The Morgan fingerprint density at radius 2 is 1.96 bits per heavy atom. The molecule has 0 aromatic carbocycles. The molecule has 132 valence electrons. The number of likely N-dealkylation sites (N-methyl/N-ethyl adjacent to an activating group) is 1. The van der Waals surface area contributed by atoms with Crippen molar-refractivity contribution in [3.05, 3.63) is 16.5 Å². The molecule has 0 saturated heterocycles. The topological polar surface area (TPSA) is 66.5 Å². The number of sulfonamides is 1. The van der Waals surface area contributed by atoms with E-state index in [1.54, 1.807) is 0 Å². The van der Waals surface area contributed by atoms with Crippen molar-refractivity contribution in [1.29, 1.82) is 0 Å². The molecule has 23 heavy (non-hydrogen) atoms. The van der Waals surface area contributed by atoms with Crippen LogP contribution in [-0.2, 0) is 14.8 Å². The van der Waals surface area contributed by atoms with E-state index in [1.807, 2.05) is 6.92 Å². The lowest BCUT2D eigenvalue weighted by Crippen LogP contribution is -2.41. The molecule has 1 heterocycles. The van der Waals surface area contributed by atoms with E-state index in [0.29, 0.717) is 10.3 Å². The Morgan fingerprint density at radius 1 is 1.30 bits per heavy atom. The number of hydrogen-bond acceptors (Lipinski definition) is 4. The molecular formula is C15H25ClN2O3S2. The van der Waals surface area contributed by atoms with Crippen LogP contribution < -0.4 is 5.32 Å². The van der Waals surface area contributed by atoms with Crippen molar-refractivity contribution in [2.24, 2.45) is 5.92 Å². The lowest BCUT2D eigenvalue weighted by Gasteiger charge is -2.18. The minimum absolute atomic E-state index is 0.0357. The second-order valence-electron chi connectivity index (χ2n) is 6.11. The first-order valence-corrected chi connectivity index (χ1v) is 10.3. The van der Waals surface area contributed by atoms with Crippen molar-refractivity contribution in [3.8, 4) is 0 Å². The van der Waals surface area contributed by atoms with Crippen molar-refractivity contribution < 1.29 is 13.2 Å². The molecule has 5 nitrogen and oxygen atoms in total. The van der Waals surface area contributed by atoms with Crippen LogP contribution in [0.5, 0.6) is 0 Å². The van der Waals surface area contributed by atoms with Gasteiger partial charge in [0, 0.05) is 13.1 Å². The molecule has 1 unspecified atom stereocenters. The summed E-state index contributed by atoms with van der Waals surface area (Å²) in [7, 11) is -2.28. The van der Waals surface area contributed by atoms with Crippen LogP contribution in [0.3, 0.4) is 0 Å². The standard InChI is InChI=1S/C15H25ClN2O3S2/c1-11(2)6-5-7-12(3)17-14(19)10-18(4)23(20,21)15-9-8-13(16)22-15/h8-9,11-12H,5-7,10H2,1-4H3,(H,17,19). The lowest BCUT2D eigenvalue weighted by atomic mass is 10.0. The van der Waals surface area contributed by atoms with Gasteiger partial charge in [0.2, 0.25) is 5.91 Å². The summed E-state index contributed by atoms with van der Waals surface area (Å²) in [6.07, 6.45) is 3.05. The zero-order valence-electron chi connectivity index (χ0n) is 14.0. The fourth-order valence-corrected chi connectivity index (χ4v) is 4.92. The molecular weight excluding hydrogens is 356 g/mol. The fourth-order valence-electron chi connectivity index (χ4n) is 2.10. The molecule has 0 aliphatic carbocycles. The number of carbonyl (C=O) groups excluding carboxylic acids is 1. The van der Waals surface area contributed by atoms with Crippen LogP contribution in [0.25, 0.3) is 0 Å². The number of halogens is 1. The molecule has 1 amide bonds. The summed E-state index contributed by atoms with van der Waals surface area (Å²) in [6, 6.07) is 3.02. The van der Waals surface area contributed by atoms with Gasteiger partial charge < -0.3 is 5.32 Å². The Balaban J connectivity index is 2.50. The van der Waals surface area contributed by atoms with E-state index in [1.165, 1.54) is 19.2 Å². The van der Waals surface area contributed by atoms with Crippen LogP contribution >= 0.6 is 22.9 Å². The van der Waals surface area contributed by atoms with Gasteiger partial charge in [-0.25, -0.2) is 8.42 Å². The van der Waals surface area contributed by atoms with Crippen molar-refractivity contribution in [2.75, 3.05) is 13.6 Å². The van der Waals surface area contributed by atoms with Gasteiger partial charge in [-0.3, -0.25) is 4.79 Å². The Morgan fingerprint density at radius 3 is 2.48 bits per heavy atom. The van der Waals surface area contributed by atoms with Crippen molar-refractivity contribution >= 4 is 38.9 Å². The fraction of sp³-hybridized carbons (Fsp3) is 0.667. The quantitative estimate of drug-likeness (QED) is 0.714. The summed E-state index contributed by atoms with van der Waals surface area (Å²) in [6.45, 7) is 6.07. The van der Waals surface area contributed by atoms with Crippen molar-refractivity contribution in [1.82, 2.24) is 9.62 Å². The maximum absolute atomic E-state index is 12.3. The molecule has 1 N–H and O–H groups in total. The third-order valence-electron chi connectivity index (χ3n) is 3.41. The van der Waals surface area contributed by atoms with Gasteiger partial charge in [-0.15, -0.1) is 11.3 Å². The smallest absolute Gasteiger partial charge is 0.252 e. The van der Waals surface area contributed by atoms with Crippen LogP contribution in [0, 0.1) is 5.92 Å². The average Bonchev–Trinajstić information content (AvgIpc) is 2.85. The van der Waals surface area contributed by atoms with Gasteiger partial charge in [-0.2, -0.15) is 4.31 Å². The molecule has 0 fully saturated rings. The first-order valence-electron chi connectivity index (χ1n) is 7.64. The highest BCUT2D eigenvalue weighted by Crippen LogP contribution is 2.27. The van der Waals surface area contributed by atoms with Crippen LogP contribution in [-0.4, -0.2) is 38.3 Å². The van der Waals surface area contributed by atoms with Crippen LogP contribution in [0.4, 0.5) is 0 Å². The molecule has 0 bridgehead atoms. The maximum atomic E-state index is 12.3. The normalized spacial score (nSPS) is 13.5. The van der Waals surface area contributed by atoms with Gasteiger partial charge in [0.1, 0.15) is 4.21 Å². The predicted molar refractivity (Wildman–Crippen MR) is 95.4 cm³/mol. The van der Waals surface area contributed by atoms with Gasteiger partial charge in [-0.1, -0.05) is 38.3 Å². The first-order chi connectivity index (χ1) is 10.6. The first kappa shape index (κ1) is 20.4. The van der Waals surface area contributed by atoms with E-state index in [4.69, 9.17) is 11.6 Å². The van der Waals surface area contributed by atoms with E-state index >= 15 is 0 Å². The molecule has 0 radical (unpaired) electrons. The van der Waals surface area contributed by atoms with E-state index in [2.05, 4.69) is 19.2 Å². The predicted octanol–water partition coefficient (Wildman–Crippen LogP) is 3.35. The Hall–Kier alpha value is -0.630. The van der Waals surface area contributed by atoms with Gasteiger partial charge in [0.25, 0.3) is 10.0 Å². The molecule has 8 heteroatoms. The molecule has 0 spiro atoms. The van der Waals surface area contributed by atoms with Gasteiger partial charge in [0.15, 0.2) is 0 Å².